The molecule has 4 heteroatoms. The smallest absolute Gasteiger partial charge is 0.336 e. The molecule has 0 fully saturated rings. The van der Waals surface area contributed by atoms with Crippen LogP contribution in [0.1, 0.15) is 27.0 Å². The van der Waals surface area contributed by atoms with Crippen molar-refractivity contribution in [3.8, 4) is 17.6 Å². The van der Waals surface area contributed by atoms with Gasteiger partial charge in [-0.2, -0.15) is 5.26 Å². The summed E-state index contributed by atoms with van der Waals surface area (Å²) in [5, 5.41) is 18.0. The standard InChI is InChI=1S/C16H13NO3/c1-10-8-13(7-6-12(10)9-17)20-15-5-3-4-14(11(15)2)16(18)19/h3-8H,1-2H3,(H,18,19). The molecule has 0 heterocycles. The average Bonchev–Trinajstić information content (AvgIpc) is 2.41. The molecule has 0 saturated carbocycles. The largest absolute Gasteiger partial charge is 0.478 e. The fraction of sp³-hybridized carbons (Fsp3) is 0.125. The van der Waals surface area contributed by atoms with Crippen LogP contribution in [0.2, 0.25) is 0 Å². The van der Waals surface area contributed by atoms with E-state index >= 15 is 0 Å². The average molecular weight is 267 g/mol. The SMILES string of the molecule is Cc1cc(Oc2cccc(C(=O)O)c2C)ccc1C#N. The Hall–Kier alpha value is -2.80. The molecule has 0 atom stereocenters. The van der Waals surface area contributed by atoms with E-state index in [-0.39, 0.29) is 5.56 Å². The van der Waals surface area contributed by atoms with Crippen LogP contribution >= 0.6 is 0 Å². The van der Waals surface area contributed by atoms with Crippen LogP contribution in [-0.2, 0) is 0 Å². The predicted molar refractivity (Wildman–Crippen MR) is 74.1 cm³/mol. The monoisotopic (exact) mass is 267 g/mol. The quantitative estimate of drug-likeness (QED) is 0.921. The molecule has 2 aromatic carbocycles. The molecular weight excluding hydrogens is 254 g/mol. The maximum Gasteiger partial charge on any atom is 0.336 e. The van der Waals surface area contributed by atoms with Gasteiger partial charge in [0, 0.05) is 5.56 Å². The maximum atomic E-state index is 11.1. The highest BCUT2D eigenvalue weighted by molar-refractivity contribution is 5.90. The fourth-order valence-electron chi connectivity index (χ4n) is 1.91. The minimum atomic E-state index is -0.982. The Morgan fingerprint density at radius 1 is 1.25 bits per heavy atom. The van der Waals surface area contributed by atoms with Crippen LogP contribution in [-0.4, -0.2) is 11.1 Å². The zero-order chi connectivity index (χ0) is 14.7. The summed E-state index contributed by atoms with van der Waals surface area (Å²) < 4.78 is 5.71. The number of carboxylic acids is 1. The number of aryl methyl sites for hydroxylation is 1. The second kappa shape index (κ2) is 5.45. The number of benzene rings is 2. The lowest BCUT2D eigenvalue weighted by atomic mass is 10.1. The number of aromatic carboxylic acids is 1. The Morgan fingerprint density at radius 2 is 2.00 bits per heavy atom. The summed E-state index contributed by atoms with van der Waals surface area (Å²) in [6, 6.07) is 12.1. The van der Waals surface area contributed by atoms with Crippen molar-refractivity contribution in [3.05, 3.63) is 58.7 Å². The lowest BCUT2D eigenvalue weighted by molar-refractivity contribution is 0.0695. The normalized spacial score (nSPS) is 9.85. The number of rotatable bonds is 3. The molecule has 0 spiro atoms. The number of carbonyl (C=O) groups is 1. The summed E-state index contributed by atoms with van der Waals surface area (Å²) in [5.74, 6) is 0.0881. The number of nitriles is 1. The minimum absolute atomic E-state index is 0.216. The summed E-state index contributed by atoms with van der Waals surface area (Å²) in [4.78, 5) is 11.1. The van der Waals surface area contributed by atoms with E-state index < -0.39 is 5.97 Å². The second-order valence-corrected chi connectivity index (χ2v) is 4.42. The molecule has 100 valence electrons. The van der Waals surface area contributed by atoms with E-state index in [4.69, 9.17) is 15.1 Å². The Balaban J connectivity index is 2.36. The van der Waals surface area contributed by atoms with Crippen molar-refractivity contribution >= 4 is 5.97 Å². The van der Waals surface area contributed by atoms with Crippen molar-refractivity contribution in [2.75, 3.05) is 0 Å². The van der Waals surface area contributed by atoms with E-state index in [0.29, 0.717) is 22.6 Å². The van der Waals surface area contributed by atoms with Crippen molar-refractivity contribution in [1.82, 2.24) is 0 Å². The molecule has 0 aliphatic heterocycles. The molecule has 2 aromatic rings. The molecule has 0 saturated heterocycles. The van der Waals surface area contributed by atoms with Gasteiger partial charge in [0.2, 0.25) is 0 Å². The topological polar surface area (TPSA) is 70.3 Å². The summed E-state index contributed by atoms with van der Waals surface area (Å²) in [5.41, 5.74) is 2.19. The van der Waals surface area contributed by atoms with Gasteiger partial charge in [0.05, 0.1) is 17.2 Å². The maximum absolute atomic E-state index is 11.1. The first-order valence-corrected chi connectivity index (χ1v) is 6.04. The van der Waals surface area contributed by atoms with Crippen molar-refractivity contribution in [3.63, 3.8) is 0 Å². The Morgan fingerprint density at radius 3 is 2.60 bits per heavy atom. The third-order valence-electron chi connectivity index (χ3n) is 3.06. The van der Waals surface area contributed by atoms with Gasteiger partial charge in [0.1, 0.15) is 11.5 Å². The first-order chi connectivity index (χ1) is 9.52. The summed E-state index contributed by atoms with van der Waals surface area (Å²) in [6.07, 6.45) is 0. The highest BCUT2D eigenvalue weighted by atomic mass is 16.5. The van der Waals surface area contributed by atoms with Gasteiger partial charge in [-0.25, -0.2) is 4.79 Å². The predicted octanol–water partition coefficient (Wildman–Crippen LogP) is 3.67. The fourth-order valence-corrected chi connectivity index (χ4v) is 1.91. The number of ether oxygens (including phenoxy) is 1. The number of carboxylic acid groups (broad SMARTS) is 1. The highest BCUT2D eigenvalue weighted by Gasteiger charge is 2.11. The van der Waals surface area contributed by atoms with Crippen LogP contribution in [0.15, 0.2) is 36.4 Å². The molecule has 2 rings (SSSR count). The summed E-state index contributed by atoms with van der Waals surface area (Å²) in [7, 11) is 0. The van der Waals surface area contributed by atoms with Crippen LogP contribution in [0.4, 0.5) is 0 Å². The summed E-state index contributed by atoms with van der Waals surface area (Å²) in [6.45, 7) is 3.53. The van der Waals surface area contributed by atoms with E-state index in [9.17, 15) is 4.79 Å². The van der Waals surface area contributed by atoms with E-state index in [1.54, 1.807) is 37.3 Å². The third kappa shape index (κ3) is 2.62. The lowest BCUT2D eigenvalue weighted by Gasteiger charge is -2.11. The summed E-state index contributed by atoms with van der Waals surface area (Å²) >= 11 is 0. The zero-order valence-corrected chi connectivity index (χ0v) is 11.2. The van der Waals surface area contributed by atoms with Crippen molar-refractivity contribution in [2.24, 2.45) is 0 Å². The first-order valence-electron chi connectivity index (χ1n) is 6.04. The van der Waals surface area contributed by atoms with E-state index in [1.165, 1.54) is 6.07 Å². The molecule has 0 unspecified atom stereocenters. The van der Waals surface area contributed by atoms with Gasteiger partial charge < -0.3 is 9.84 Å². The molecule has 0 aromatic heterocycles. The third-order valence-corrected chi connectivity index (χ3v) is 3.06. The molecule has 4 nitrogen and oxygen atoms in total. The van der Waals surface area contributed by atoms with Gasteiger partial charge in [-0.15, -0.1) is 0 Å². The molecule has 1 N–H and O–H groups in total. The van der Waals surface area contributed by atoms with Gasteiger partial charge in [0.25, 0.3) is 0 Å². The molecular formula is C16H13NO3. The van der Waals surface area contributed by atoms with Crippen molar-refractivity contribution in [1.29, 1.82) is 5.26 Å². The van der Waals surface area contributed by atoms with Gasteiger partial charge >= 0.3 is 5.97 Å². The lowest BCUT2D eigenvalue weighted by Crippen LogP contribution is -2.01. The number of nitrogens with zero attached hydrogens (tertiary/aromatic N) is 1. The van der Waals surface area contributed by atoms with Gasteiger partial charge in [0.15, 0.2) is 0 Å². The molecule has 0 aliphatic carbocycles. The van der Waals surface area contributed by atoms with Crippen LogP contribution in [0.25, 0.3) is 0 Å². The first kappa shape index (κ1) is 13.6. The molecule has 20 heavy (non-hydrogen) atoms. The van der Waals surface area contributed by atoms with Crippen LogP contribution < -0.4 is 4.74 Å². The minimum Gasteiger partial charge on any atom is -0.478 e. The zero-order valence-electron chi connectivity index (χ0n) is 11.2. The van der Waals surface area contributed by atoms with E-state index in [1.807, 2.05) is 6.92 Å². The van der Waals surface area contributed by atoms with Crippen molar-refractivity contribution < 1.29 is 14.6 Å². The van der Waals surface area contributed by atoms with Gasteiger partial charge in [-0.05, 0) is 49.7 Å². The van der Waals surface area contributed by atoms with Crippen LogP contribution in [0.3, 0.4) is 0 Å². The van der Waals surface area contributed by atoms with E-state index in [0.717, 1.165) is 5.56 Å². The molecule has 0 radical (unpaired) electrons. The number of hydrogen-bond acceptors (Lipinski definition) is 3. The number of hydrogen-bond donors (Lipinski definition) is 1. The Labute approximate surface area is 116 Å². The van der Waals surface area contributed by atoms with Crippen molar-refractivity contribution in [2.45, 2.75) is 13.8 Å². The van der Waals surface area contributed by atoms with E-state index in [2.05, 4.69) is 6.07 Å². The highest BCUT2D eigenvalue weighted by Crippen LogP contribution is 2.28. The van der Waals surface area contributed by atoms with Gasteiger partial charge in [-0.1, -0.05) is 6.07 Å². The van der Waals surface area contributed by atoms with Gasteiger partial charge in [-0.3, -0.25) is 0 Å². The van der Waals surface area contributed by atoms with Crippen LogP contribution in [0, 0.1) is 25.2 Å². The Kier molecular flexibility index (Phi) is 3.72. The second-order valence-electron chi connectivity index (χ2n) is 4.42. The molecule has 0 bridgehead atoms. The molecule has 0 amide bonds. The Bertz CT molecular complexity index is 714. The van der Waals surface area contributed by atoms with Crippen LogP contribution in [0.5, 0.6) is 11.5 Å². The molecule has 0 aliphatic rings.